The summed E-state index contributed by atoms with van der Waals surface area (Å²) in [5.41, 5.74) is 0. The van der Waals surface area contributed by atoms with Crippen molar-refractivity contribution in [3.63, 3.8) is 0 Å². The third-order valence-electron chi connectivity index (χ3n) is 12.9. The lowest BCUT2D eigenvalue weighted by atomic mass is 10.0. The monoisotopic (exact) mass is 989 g/mol. The van der Waals surface area contributed by atoms with Gasteiger partial charge in [-0.25, -0.2) is 0 Å². The van der Waals surface area contributed by atoms with Gasteiger partial charge in [-0.1, -0.05) is 247 Å². The number of hydrogen-bond donors (Lipinski definition) is 0. The van der Waals surface area contributed by atoms with Gasteiger partial charge in [0.25, 0.3) is 0 Å². The Balaban J connectivity index is 4.34. The summed E-state index contributed by atoms with van der Waals surface area (Å²) in [7, 11) is 0. The molecule has 0 bridgehead atoms. The molecule has 408 valence electrons. The second kappa shape index (κ2) is 59.2. The predicted molar refractivity (Wildman–Crippen MR) is 307 cm³/mol. The van der Waals surface area contributed by atoms with E-state index in [1.807, 2.05) is 0 Å². The van der Waals surface area contributed by atoms with Crippen LogP contribution in [0.3, 0.4) is 0 Å². The van der Waals surface area contributed by atoms with E-state index in [-0.39, 0.29) is 31.1 Å². The minimum Gasteiger partial charge on any atom is -0.462 e. The van der Waals surface area contributed by atoms with Crippen molar-refractivity contribution in [2.75, 3.05) is 13.2 Å². The molecule has 0 aromatic carbocycles. The first-order valence-corrected chi connectivity index (χ1v) is 30.1. The molecule has 0 fully saturated rings. The van der Waals surface area contributed by atoms with E-state index in [0.29, 0.717) is 19.3 Å². The Labute approximate surface area is 439 Å². The summed E-state index contributed by atoms with van der Waals surface area (Å²) in [4.78, 5) is 38.2. The molecule has 0 rings (SSSR count). The van der Waals surface area contributed by atoms with E-state index in [0.717, 1.165) is 109 Å². The van der Waals surface area contributed by atoms with E-state index >= 15 is 0 Å². The highest BCUT2D eigenvalue weighted by Gasteiger charge is 2.19. The van der Waals surface area contributed by atoms with Crippen LogP contribution in [0.2, 0.25) is 0 Å². The molecule has 0 radical (unpaired) electrons. The van der Waals surface area contributed by atoms with Gasteiger partial charge in [0.1, 0.15) is 13.2 Å². The van der Waals surface area contributed by atoms with Gasteiger partial charge in [0.05, 0.1) is 0 Å². The highest BCUT2D eigenvalue weighted by Crippen LogP contribution is 2.16. The van der Waals surface area contributed by atoms with E-state index in [9.17, 15) is 14.4 Å². The Bertz CT molecular complexity index is 1370. The highest BCUT2D eigenvalue weighted by atomic mass is 16.6. The number of carbonyl (C=O) groups is 3. The molecule has 0 aliphatic carbocycles. The molecule has 6 nitrogen and oxygen atoms in total. The molecule has 1 unspecified atom stereocenters. The maximum atomic E-state index is 12.9. The Morgan fingerprint density at radius 3 is 0.887 bits per heavy atom. The van der Waals surface area contributed by atoms with Crippen LogP contribution in [0, 0.1) is 0 Å². The number of hydrogen-bond acceptors (Lipinski definition) is 6. The van der Waals surface area contributed by atoms with Crippen LogP contribution in [-0.2, 0) is 28.6 Å². The molecule has 0 aromatic rings. The van der Waals surface area contributed by atoms with Crippen molar-refractivity contribution in [3.05, 3.63) is 85.1 Å². The second-order valence-electron chi connectivity index (χ2n) is 19.8. The van der Waals surface area contributed by atoms with Crippen LogP contribution in [-0.4, -0.2) is 37.2 Å². The minimum absolute atomic E-state index is 0.0899. The average molecular weight is 990 g/mol. The molecule has 0 spiro atoms. The van der Waals surface area contributed by atoms with E-state index in [2.05, 4.69) is 106 Å². The fourth-order valence-corrected chi connectivity index (χ4v) is 8.41. The van der Waals surface area contributed by atoms with E-state index in [4.69, 9.17) is 14.2 Å². The van der Waals surface area contributed by atoms with Crippen LogP contribution in [0.4, 0.5) is 0 Å². The van der Waals surface area contributed by atoms with Gasteiger partial charge in [0.15, 0.2) is 6.10 Å². The van der Waals surface area contributed by atoms with Gasteiger partial charge < -0.3 is 14.2 Å². The Kier molecular flexibility index (Phi) is 56.3. The van der Waals surface area contributed by atoms with Gasteiger partial charge in [-0.15, -0.1) is 0 Å². The summed E-state index contributed by atoms with van der Waals surface area (Å²) < 4.78 is 16.9. The molecular weight excluding hydrogens is 877 g/mol. The highest BCUT2D eigenvalue weighted by molar-refractivity contribution is 5.71. The first-order valence-electron chi connectivity index (χ1n) is 30.1. The molecule has 71 heavy (non-hydrogen) atoms. The van der Waals surface area contributed by atoms with Gasteiger partial charge in [-0.3, -0.25) is 14.4 Å². The molecule has 0 amide bonds. The molecular formula is C65H112O6. The molecule has 0 heterocycles. The Morgan fingerprint density at radius 1 is 0.296 bits per heavy atom. The topological polar surface area (TPSA) is 78.9 Å². The molecule has 1 atom stereocenters. The van der Waals surface area contributed by atoms with Crippen molar-refractivity contribution in [2.24, 2.45) is 0 Å². The summed E-state index contributed by atoms with van der Waals surface area (Å²) in [6, 6.07) is 0. The zero-order valence-corrected chi connectivity index (χ0v) is 46.7. The maximum Gasteiger partial charge on any atom is 0.306 e. The zero-order chi connectivity index (χ0) is 51.4. The quantitative estimate of drug-likeness (QED) is 0.0261. The second-order valence-corrected chi connectivity index (χ2v) is 19.8. The lowest BCUT2D eigenvalue weighted by Crippen LogP contribution is -2.30. The van der Waals surface area contributed by atoms with Gasteiger partial charge in [-0.05, 0) is 109 Å². The Morgan fingerprint density at radius 2 is 0.549 bits per heavy atom. The smallest absolute Gasteiger partial charge is 0.306 e. The molecule has 0 saturated heterocycles. The maximum absolute atomic E-state index is 12.9. The summed E-state index contributed by atoms with van der Waals surface area (Å²) in [5.74, 6) is -0.924. The number of carbonyl (C=O) groups excluding carboxylic acids is 3. The fourth-order valence-electron chi connectivity index (χ4n) is 8.41. The third-order valence-corrected chi connectivity index (χ3v) is 12.9. The van der Waals surface area contributed by atoms with Gasteiger partial charge in [0, 0.05) is 19.3 Å². The summed E-state index contributed by atoms with van der Waals surface area (Å²) in [5, 5.41) is 0. The van der Waals surface area contributed by atoms with Crippen LogP contribution in [0.25, 0.3) is 0 Å². The van der Waals surface area contributed by atoms with Crippen LogP contribution in [0.15, 0.2) is 85.1 Å². The summed E-state index contributed by atoms with van der Waals surface area (Å²) >= 11 is 0. The zero-order valence-electron chi connectivity index (χ0n) is 46.7. The van der Waals surface area contributed by atoms with Crippen molar-refractivity contribution < 1.29 is 28.6 Å². The van der Waals surface area contributed by atoms with E-state index < -0.39 is 6.10 Å². The van der Waals surface area contributed by atoms with Crippen molar-refractivity contribution >= 4 is 17.9 Å². The lowest BCUT2D eigenvalue weighted by Gasteiger charge is -2.18. The van der Waals surface area contributed by atoms with Gasteiger partial charge >= 0.3 is 17.9 Å². The van der Waals surface area contributed by atoms with Crippen molar-refractivity contribution in [2.45, 2.75) is 297 Å². The Hall–Kier alpha value is -3.41. The normalized spacial score (nSPS) is 12.7. The molecule has 0 N–H and O–H groups in total. The van der Waals surface area contributed by atoms with Crippen LogP contribution in [0.5, 0.6) is 0 Å². The number of ether oxygens (including phenoxy) is 3. The van der Waals surface area contributed by atoms with Crippen LogP contribution < -0.4 is 0 Å². The third kappa shape index (κ3) is 57.4. The molecule has 0 aromatic heterocycles. The molecule has 6 heteroatoms. The van der Waals surface area contributed by atoms with Crippen molar-refractivity contribution in [1.29, 1.82) is 0 Å². The summed E-state index contributed by atoms with van der Waals surface area (Å²) in [6.07, 6.45) is 77.3. The van der Waals surface area contributed by atoms with Crippen LogP contribution >= 0.6 is 0 Å². The van der Waals surface area contributed by atoms with E-state index in [1.54, 1.807) is 0 Å². The number of rotatable bonds is 54. The standard InChI is InChI=1S/C65H112O6/c1-4-7-10-13-16-19-22-25-27-29-30-31-32-33-34-36-37-40-43-46-49-52-55-58-64(67)70-61-62(60-69-63(66)57-54-51-48-45-42-39-24-21-18-15-12-9-6-3)71-65(68)59-56-53-50-47-44-41-38-35-28-26-23-20-17-14-11-8-5-2/h8-9,11-12,17-18,20-21,26,28-30,39,42,62H,4-7,10,13-16,19,22-25,27,31-38,40-41,43-61H2,1-3H3/b11-8-,12-9-,20-17-,21-18-,28-26-,30-29-,42-39-. The number of allylic oxidation sites excluding steroid dienone is 14. The summed E-state index contributed by atoms with van der Waals surface area (Å²) in [6.45, 7) is 6.40. The predicted octanol–water partition coefficient (Wildman–Crippen LogP) is 20.3. The van der Waals surface area contributed by atoms with Crippen molar-refractivity contribution in [1.82, 2.24) is 0 Å². The lowest BCUT2D eigenvalue weighted by molar-refractivity contribution is -0.167. The van der Waals surface area contributed by atoms with Crippen LogP contribution in [0.1, 0.15) is 290 Å². The largest absolute Gasteiger partial charge is 0.462 e. The fraction of sp³-hybridized carbons (Fsp3) is 0.738. The van der Waals surface area contributed by atoms with Crippen molar-refractivity contribution in [3.8, 4) is 0 Å². The van der Waals surface area contributed by atoms with Gasteiger partial charge in [-0.2, -0.15) is 0 Å². The first-order chi connectivity index (χ1) is 35.0. The average Bonchev–Trinajstić information content (AvgIpc) is 3.37. The first kappa shape index (κ1) is 67.6. The van der Waals surface area contributed by atoms with E-state index in [1.165, 1.54) is 141 Å². The molecule has 0 aliphatic rings. The molecule has 0 aliphatic heterocycles. The van der Waals surface area contributed by atoms with Gasteiger partial charge in [0.2, 0.25) is 0 Å². The molecule has 0 saturated carbocycles. The number of esters is 3. The minimum atomic E-state index is -0.795. The number of unbranched alkanes of at least 4 members (excludes halogenated alkanes) is 29. The SMILES string of the molecule is CC/C=C\C/C=C\C/C=C\CCCCCCCCCC(=O)OC(COC(=O)CCCCC/C=C\C/C=C\C/C=C\CC)COC(=O)CCCCCCCCCCCCC/C=C\CCCCCCCCCC.